The average molecular weight is 432 g/mol. The van der Waals surface area contributed by atoms with Crippen LogP contribution in [0, 0.1) is 0 Å². The van der Waals surface area contributed by atoms with Crippen molar-refractivity contribution in [2.45, 2.75) is 38.1 Å². The van der Waals surface area contributed by atoms with E-state index in [-0.39, 0.29) is 6.61 Å². The van der Waals surface area contributed by atoms with Gasteiger partial charge in [-0.1, -0.05) is 60.7 Å². The van der Waals surface area contributed by atoms with Gasteiger partial charge in [0.25, 0.3) is 0 Å². The predicted octanol–water partition coefficient (Wildman–Crippen LogP) is 5.05. The lowest BCUT2D eigenvalue weighted by molar-refractivity contribution is -0.142. The largest absolute Gasteiger partial charge is 0.480 e. The summed E-state index contributed by atoms with van der Waals surface area (Å²) in [6.45, 7) is 1.25. The molecule has 0 radical (unpaired) electrons. The third kappa shape index (κ3) is 5.51. The molecular weight excluding hydrogens is 402 g/mol. The summed E-state index contributed by atoms with van der Waals surface area (Å²) in [6, 6.07) is 20.9. The number of unbranched alkanes of at least 4 members (excludes halogenated alkanes) is 1. The van der Waals surface area contributed by atoms with Gasteiger partial charge in [-0.2, -0.15) is 0 Å². The molecule has 1 aliphatic heterocycles. The van der Waals surface area contributed by atoms with Crippen LogP contribution >= 0.6 is 0 Å². The first-order chi connectivity index (χ1) is 15.7. The second-order valence-electron chi connectivity index (χ2n) is 8.09. The molecule has 0 amide bonds. The van der Waals surface area contributed by atoms with Crippen molar-refractivity contribution in [1.29, 1.82) is 0 Å². The van der Waals surface area contributed by atoms with Crippen LogP contribution < -0.4 is 4.90 Å². The topological polar surface area (TPSA) is 75.6 Å². The number of ether oxygens (including phenoxy) is 1. The number of aliphatic carboxylic acids is 1. The van der Waals surface area contributed by atoms with Crippen LogP contribution in [0.15, 0.2) is 66.9 Å². The number of hydrogen-bond donors (Lipinski definition) is 1. The molecule has 1 fully saturated rings. The van der Waals surface area contributed by atoms with Crippen LogP contribution in [0.1, 0.15) is 32.1 Å². The Morgan fingerprint density at radius 1 is 1.00 bits per heavy atom. The summed E-state index contributed by atoms with van der Waals surface area (Å²) in [5.74, 6) is 0.00636. The monoisotopic (exact) mass is 431 g/mol. The van der Waals surface area contributed by atoms with Gasteiger partial charge in [0.1, 0.15) is 12.4 Å². The summed E-state index contributed by atoms with van der Waals surface area (Å²) in [6.07, 6.45) is 7.09. The fourth-order valence-electron chi connectivity index (χ4n) is 4.30. The van der Waals surface area contributed by atoms with Gasteiger partial charge >= 0.3 is 5.97 Å². The smallest absolute Gasteiger partial charge is 0.329 e. The van der Waals surface area contributed by atoms with E-state index in [4.69, 9.17) is 19.8 Å². The quantitative estimate of drug-likeness (QED) is 0.453. The zero-order valence-electron chi connectivity index (χ0n) is 18.2. The summed E-state index contributed by atoms with van der Waals surface area (Å²) in [4.78, 5) is 22.9. The highest BCUT2D eigenvalue weighted by Gasteiger charge is 2.26. The molecule has 1 atom stereocenters. The molecule has 1 unspecified atom stereocenters. The lowest BCUT2D eigenvalue weighted by Crippen LogP contribution is -2.30. The zero-order valence-corrected chi connectivity index (χ0v) is 18.2. The summed E-state index contributed by atoms with van der Waals surface area (Å²) in [5.41, 5.74) is 3.92. The van der Waals surface area contributed by atoms with E-state index in [0.717, 1.165) is 67.0 Å². The van der Waals surface area contributed by atoms with Crippen LogP contribution in [-0.4, -0.2) is 46.8 Å². The highest BCUT2D eigenvalue weighted by molar-refractivity contribution is 5.78. The van der Waals surface area contributed by atoms with Crippen molar-refractivity contribution in [3.05, 3.63) is 66.9 Å². The Labute approximate surface area is 188 Å². The third-order valence-corrected chi connectivity index (χ3v) is 5.83. The van der Waals surface area contributed by atoms with Gasteiger partial charge in [0.15, 0.2) is 0 Å². The maximum absolute atomic E-state index is 10.5. The number of benzene rings is 2. The molecule has 0 spiro atoms. The van der Waals surface area contributed by atoms with Gasteiger partial charge in [-0.05, 0) is 32.1 Å². The molecule has 1 aromatic heterocycles. The van der Waals surface area contributed by atoms with Gasteiger partial charge in [-0.3, -0.25) is 4.98 Å². The first-order valence-electron chi connectivity index (χ1n) is 11.3. The minimum absolute atomic E-state index is 0.221. The van der Waals surface area contributed by atoms with E-state index in [2.05, 4.69) is 29.2 Å². The van der Waals surface area contributed by atoms with E-state index < -0.39 is 5.97 Å². The maximum atomic E-state index is 10.5. The SMILES string of the molecule is O=C(O)COCCCCC1CCCN1c1cnc(-c2ccccc2)c(-c2ccccc2)n1. The molecule has 1 N–H and O–H groups in total. The molecule has 0 bridgehead atoms. The Morgan fingerprint density at radius 2 is 1.69 bits per heavy atom. The Bertz CT molecular complexity index is 1010. The number of anilines is 1. The maximum Gasteiger partial charge on any atom is 0.329 e. The summed E-state index contributed by atoms with van der Waals surface area (Å²) < 4.78 is 5.16. The molecule has 1 saturated heterocycles. The van der Waals surface area contributed by atoms with Crippen LogP contribution in [0.25, 0.3) is 22.5 Å². The molecule has 0 saturated carbocycles. The van der Waals surface area contributed by atoms with E-state index in [0.29, 0.717) is 12.6 Å². The van der Waals surface area contributed by atoms with E-state index in [1.807, 2.05) is 42.6 Å². The van der Waals surface area contributed by atoms with Crippen molar-refractivity contribution >= 4 is 11.8 Å². The van der Waals surface area contributed by atoms with Gasteiger partial charge in [-0.25, -0.2) is 9.78 Å². The normalized spacial score (nSPS) is 15.8. The lowest BCUT2D eigenvalue weighted by atomic mass is 10.0. The van der Waals surface area contributed by atoms with Crippen molar-refractivity contribution in [2.24, 2.45) is 0 Å². The summed E-state index contributed by atoms with van der Waals surface area (Å²) in [5, 5.41) is 8.66. The van der Waals surface area contributed by atoms with E-state index in [9.17, 15) is 4.79 Å². The Hall–Kier alpha value is -3.25. The van der Waals surface area contributed by atoms with E-state index >= 15 is 0 Å². The molecule has 1 aliphatic rings. The van der Waals surface area contributed by atoms with Crippen molar-refractivity contribution in [3.8, 4) is 22.5 Å². The molecule has 6 heteroatoms. The molecular formula is C26H29N3O3. The third-order valence-electron chi connectivity index (χ3n) is 5.83. The molecule has 2 heterocycles. The fraction of sp³-hybridized carbons (Fsp3) is 0.346. The van der Waals surface area contributed by atoms with Crippen molar-refractivity contribution < 1.29 is 14.6 Å². The van der Waals surface area contributed by atoms with Crippen LogP contribution in [0.3, 0.4) is 0 Å². The second-order valence-corrected chi connectivity index (χ2v) is 8.09. The highest BCUT2D eigenvalue weighted by atomic mass is 16.5. The van der Waals surface area contributed by atoms with E-state index in [1.54, 1.807) is 0 Å². The molecule has 4 rings (SSSR count). The van der Waals surface area contributed by atoms with E-state index in [1.165, 1.54) is 0 Å². The standard InChI is InChI=1S/C26H29N3O3/c30-24(31)19-32-17-8-7-14-22-15-9-16-29(22)23-18-27-25(20-10-3-1-4-11-20)26(28-23)21-12-5-2-6-13-21/h1-6,10-13,18,22H,7-9,14-17,19H2,(H,30,31). The van der Waals surface area contributed by atoms with Gasteiger partial charge < -0.3 is 14.7 Å². The van der Waals surface area contributed by atoms with Crippen molar-refractivity contribution in [2.75, 3.05) is 24.7 Å². The Morgan fingerprint density at radius 3 is 2.38 bits per heavy atom. The molecule has 2 aromatic carbocycles. The summed E-state index contributed by atoms with van der Waals surface area (Å²) in [7, 11) is 0. The highest BCUT2D eigenvalue weighted by Crippen LogP contribution is 2.33. The Kier molecular flexibility index (Phi) is 7.46. The number of nitrogens with zero attached hydrogens (tertiary/aromatic N) is 3. The minimum atomic E-state index is -0.918. The summed E-state index contributed by atoms with van der Waals surface area (Å²) >= 11 is 0. The van der Waals surface area contributed by atoms with Crippen LogP contribution in [0.4, 0.5) is 5.82 Å². The lowest BCUT2D eigenvalue weighted by Gasteiger charge is -2.26. The van der Waals surface area contributed by atoms with Gasteiger partial charge in [0.05, 0.1) is 17.6 Å². The number of aromatic nitrogens is 2. The predicted molar refractivity (Wildman–Crippen MR) is 126 cm³/mol. The average Bonchev–Trinajstić information content (AvgIpc) is 3.30. The molecule has 32 heavy (non-hydrogen) atoms. The molecule has 0 aliphatic carbocycles. The Balaban J connectivity index is 1.51. The van der Waals surface area contributed by atoms with Gasteiger partial charge in [0, 0.05) is 30.3 Å². The molecule has 6 nitrogen and oxygen atoms in total. The van der Waals surface area contributed by atoms with Gasteiger partial charge in [0.2, 0.25) is 0 Å². The number of carbonyl (C=O) groups is 1. The van der Waals surface area contributed by atoms with Crippen LogP contribution in [-0.2, 0) is 9.53 Å². The van der Waals surface area contributed by atoms with Crippen molar-refractivity contribution in [3.63, 3.8) is 0 Å². The van der Waals surface area contributed by atoms with Crippen LogP contribution in [0.2, 0.25) is 0 Å². The number of carboxylic acid groups (broad SMARTS) is 1. The fourth-order valence-corrected chi connectivity index (χ4v) is 4.30. The first-order valence-corrected chi connectivity index (χ1v) is 11.3. The number of rotatable bonds is 10. The number of hydrogen-bond acceptors (Lipinski definition) is 5. The molecule has 166 valence electrons. The van der Waals surface area contributed by atoms with Crippen molar-refractivity contribution in [1.82, 2.24) is 9.97 Å². The molecule has 3 aromatic rings. The zero-order chi connectivity index (χ0) is 22.2. The minimum Gasteiger partial charge on any atom is -0.480 e. The number of carboxylic acids is 1. The van der Waals surface area contributed by atoms with Crippen LogP contribution in [0.5, 0.6) is 0 Å². The first kappa shape index (κ1) is 22.0. The van der Waals surface area contributed by atoms with Gasteiger partial charge in [-0.15, -0.1) is 0 Å². The second kappa shape index (κ2) is 10.9.